The van der Waals surface area contributed by atoms with E-state index in [0.29, 0.717) is 5.75 Å². The van der Waals surface area contributed by atoms with E-state index in [-0.39, 0.29) is 0 Å². The molecule has 0 N–H and O–H groups in total. The first-order chi connectivity index (χ1) is 7.24. The molecule has 0 saturated carbocycles. The van der Waals surface area contributed by atoms with E-state index >= 15 is 0 Å². The molecule has 2 rings (SSSR count). The van der Waals surface area contributed by atoms with Crippen LogP contribution in [0.5, 0.6) is 11.5 Å². The Labute approximate surface area is 88.7 Å². The van der Waals surface area contributed by atoms with Crippen LogP contribution in [0.1, 0.15) is 5.56 Å². The first-order valence-electron chi connectivity index (χ1n) is 4.73. The summed E-state index contributed by atoms with van der Waals surface area (Å²) in [6.45, 7) is 2.02. The van der Waals surface area contributed by atoms with Gasteiger partial charge in [0.05, 0.1) is 19.7 Å². The molecular formula is C12H13NO2. The summed E-state index contributed by atoms with van der Waals surface area (Å²) in [6, 6.07) is 5.89. The summed E-state index contributed by atoms with van der Waals surface area (Å²) < 4.78 is 10.4. The second-order valence-electron chi connectivity index (χ2n) is 3.41. The third-order valence-corrected chi connectivity index (χ3v) is 2.32. The molecule has 0 aliphatic rings. The van der Waals surface area contributed by atoms with Gasteiger partial charge in [0.2, 0.25) is 0 Å². The Bertz CT molecular complexity index is 494. The molecule has 0 saturated heterocycles. The van der Waals surface area contributed by atoms with Crippen molar-refractivity contribution >= 4 is 10.9 Å². The smallest absolute Gasteiger partial charge is 0.162 e. The van der Waals surface area contributed by atoms with Gasteiger partial charge in [-0.2, -0.15) is 0 Å². The van der Waals surface area contributed by atoms with E-state index < -0.39 is 0 Å². The van der Waals surface area contributed by atoms with Gasteiger partial charge in [0, 0.05) is 17.6 Å². The Kier molecular flexibility index (Phi) is 2.46. The van der Waals surface area contributed by atoms with Crippen LogP contribution < -0.4 is 9.47 Å². The average Bonchev–Trinajstić information content (AvgIpc) is 2.27. The van der Waals surface area contributed by atoms with Crippen molar-refractivity contribution < 1.29 is 9.47 Å². The van der Waals surface area contributed by atoms with Crippen LogP contribution in [0.4, 0.5) is 0 Å². The molecule has 0 aliphatic carbocycles. The lowest BCUT2D eigenvalue weighted by Gasteiger charge is -2.08. The molecule has 3 heteroatoms. The molecule has 78 valence electrons. The summed E-state index contributed by atoms with van der Waals surface area (Å²) in [5.41, 5.74) is 2.05. The molecule has 3 nitrogen and oxygen atoms in total. The molecule has 0 radical (unpaired) electrons. The Balaban J connectivity index is 2.69. The Hall–Kier alpha value is -1.77. The van der Waals surface area contributed by atoms with Gasteiger partial charge >= 0.3 is 0 Å². The first-order valence-corrected chi connectivity index (χ1v) is 4.73. The predicted octanol–water partition coefficient (Wildman–Crippen LogP) is 2.56. The SMILES string of the molecule is COc1cc2cc(C)cnc2cc1OC. The van der Waals surface area contributed by atoms with Gasteiger partial charge in [0.25, 0.3) is 0 Å². The number of nitrogens with zero attached hydrogens (tertiary/aromatic N) is 1. The van der Waals surface area contributed by atoms with E-state index in [1.54, 1.807) is 14.2 Å². The maximum Gasteiger partial charge on any atom is 0.162 e. The fourth-order valence-corrected chi connectivity index (χ4v) is 1.57. The fraction of sp³-hybridized carbons (Fsp3) is 0.250. The molecule has 1 aromatic carbocycles. The number of pyridine rings is 1. The van der Waals surface area contributed by atoms with E-state index in [1.807, 2.05) is 25.3 Å². The van der Waals surface area contributed by atoms with Gasteiger partial charge in [-0.05, 0) is 24.6 Å². The number of benzene rings is 1. The van der Waals surface area contributed by atoms with Crippen molar-refractivity contribution in [2.45, 2.75) is 6.92 Å². The van der Waals surface area contributed by atoms with Crippen LogP contribution in [0.2, 0.25) is 0 Å². The van der Waals surface area contributed by atoms with E-state index in [9.17, 15) is 0 Å². The average molecular weight is 203 g/mol. The van der Waals surface area contributed by atoms with Crippen LogP contribution >= 0.6 is 0 Å². The highest BCUT2D eigenvalue weighted by molar-refractivity contribution is 5.83. The van der Waals surface area contributed by atoms with Crippen molar-refractivity contribution in [2.24, 2.45) is 0 Å². The Morgan fingerprint density at radius 3 is 2.33 bits per heavy atom. The molecule has 0 bridgehead atoms. The standard InChI is InChI=1S/C12H13NO2/c1-8-4-9-5-11(14-2)12(15-3)6-10(9)13-7-8/h4-7H,1-3H3. The largest absolute Gasteiger partial charge is 0.493 e. The monoisotopic (exact) mass is 203 g/mol. The molecule has 1 aromatic heterocycles. The lowest BCUT2D eigenvalue weighted by atomic mass is 10.1. The number of rotatable bonds is 2. The topological polar surface area (TPSA) is 31.4 Å². The van der Waals surface area contributed by atoms with Crippen molar-refractivity contribution in [1.29, 1.82) is 0 Å². The van der Waals surface area contributed by atoms with Crippen molar-refractivity contribution in [3.8, 4) is 11.5 Å². The van der Waals surface area contributed by atoms with Gasteiger partial charge in [-0.3, -0.25) is 4.98 Å². The van der Waals surface area contributed by atoms with E-state index in [2.05, 4.69) is 11.1 Å². The lowest BCUT2D eigenvalue weighted by molar-refractivity contribution is 0.356. The quantitative estimate of drug-likeness (QED) is 0.751. The first kappa shape index (κ1) is 9.77. The molecular weight excluding hydrogens is 190 g/mol. The van der Waals surface area contributed by atoms with Crippen molar-refractivity contribution in [3.05, 3.63) is 30.0 Å². The third-order valence-electron chi connectivity index (χ3n) is 2.32. The summed E-state index contributed by atoms with van der Waals surface area (Å²) in [7, 11) is 3.25. The molecule has 2 aromatic rings. The lowest BCUT2D eigenvalue weighted by Crippen LogP contribution is -1.91. The van der Waals surface area contributed by atoms with Gasteiger partial charge in [0.1, 0.15) is 0 Å². The van der Waals surface area contributed by atoms with Crippen LogP contribution in [0.25, 0.3) is 10.9 Å². The third kappa shape index (κ3) is 1.73. The normalized spacial score (nSPS) is 10.3. The van der Waals surface area contributed by atoms with Crippen molar-refractivity contribution in [1.82, 2.24) is 4.98 Å². The number of hydrogen-bond donors (Lipinski definition) is 0. The Morgan fingerprint density at radius 2 is 1.67 bits per heavy atom. The summed E-state index contributed by atoms with van der Waals surface area (Å²) in [6.07, 6.45) is 1.84. The highest BCUT2D eigenvalue weighted by Crippen LogP contribution is 2.31. The molecule has 0 fully saturated rings. The van der Waals surface area contributed by atoms with Gasteiger partial charge in [0.15, 0.2) is 11.5 Å². The van der Waals surface area contributed by atoms with Crippen LogP contribution in [0.15, 0.2) is 24.4 Å². The van der Waals surface area contributed by atoms with E-state index in [4.69, 9.17) is 9.47 Å². The molecule has 0 atom stereocenters. The number of aromatic nitrogens is 1. The molecule has 0 amide bonds. The maximum absolute atomic E-state index is 5.23. The molecule has 15 heavy (non-hydrogen) atoms. The van der Waals surface area contributed by atoms with Crippen molar-refractivity contribution in [3.63, 3.8) is 0 Å². The number of hydrogen-bond acceptors (Lipinski definition) is 3. The second kappa shape index (κ2) is 3.77. The highest BCUT2D eigenvalue weighted by Gasteiger charge is 2.06. The highest BCUT2D eigenvalue weighted by atomic mass is 16.5. The van der Waals surface area contributed by atoms with Crippen LogP contribution in [0, 0.1) is 6.92 Å². The second-order valence-corrected chi connectivity index (χ2v) is 3.41. The zero-order valence-corrected chi connectivity index (χ0v) is 9.07. The zero-order valence-electron chi connectivity index (χ0n) is 9.07. The molecule has 0 aliphatic heterocycles. The number of fused-ring (bicyclic) bond motifs is 1. The minimum Gasteiger partial charge on any atom is -0.493 e. The number of aryl methyl sites for hydroxylation is 1. The maximum atomic E-state index is 5.23. The summed E-state index contributed by atoms with van der Waals surface area (Å²) in [5.74, 6) is 1.44. The molecule has 1 heterocycles. The van der Waals surface area contributed by atoms with Gasteiger partial charge in [-0.15, -0.1) is 0 Å². The minimum atomic E-state index is 0.710. The Morgan fingerprint density at radius 1 is 1.00 bits per heavy atom. The molecule has 0 spiro atoms. The number of methoxy groups -OCH3 is 2. The molecule has 0 unspecified atom stereocenters. The van der Waals surface area contributed by atoms with Crippen LogP contribution in [-0.4, -0.2) is 19.2 Å². The zero-order chi connectivity index (χ0) is 10.8. The minimum absolute atomic E-state index is 0.710. The van der Waals surface area contributed by atoms with Crippen LogP contribution in [-0.2, 0) is 0 Å². The van der Waals surface area contributed by atoms with E-state index in [0.717, 1.165) is 22.2 Å². The van der Waals surface area contributed by atoms with Gasteiger partial charge in [-0.25, -0.2) is 0 Å². The van der Waals surface area contributed by atoms with Gasteiger partial charge < -0.3 is 9.47 Å². The van der Waals surface area contributed by atoms with E-state index in [1.165, 1.54) is 0 Å². The summed E-state index contributed by atoms with van der Waals surface area (Å²) >= 11 is 0. The summed E-state index contributed by atoms with van der Waals surface area (Å²) in [4.78, 5) is 4.33. The van der Waals surface area contributed by atoms with Crippen molar-refractivity contribution in [2.75, 3.05) is 14.2 Å². The predicted molar refractivity (Wildman–Crippen MR) is 59.6 cm³/mol. The summed E-state index contributed by atoms with van der Waals surface area (Å²) in [5, 5.41) is 1.06. The number of ether oxygens (including phenoxy) is 2. The fourth-order valence-electron chi connectivity index (χ4n) is 1.57. The van der Waals surface area contributed by atoms with Crippen LogP contribution in [0.3, 0.4) is 0 Å². The van der Waals surface area contributed by atoms with Gasteiger partial charge in [-0.1, -0.05) is 0 Å².